The Hall–Kier alpha value is -2.66. The number of fused-ring (bicyclic) bond motifs is 1. The topological polar surface area (TPSA) is 64.0 Å². The lowest BCUT2D eigenvalue weighted by Crippen LogP contribution is -2.33. The van der Waals surface area contributed by atoms with E-state index in [0.717, 1.165) is 10.9 Å². The Labute approximate surface area is 143 Å². The lowest BCUT2D eigenvalue weighted by molar-refractivity contribution is 0.0949. The first kappa shape index (κ1) is 16.2. The van der Waals surface area contributed by atoms with E-state index in [1.165, 1.54) is 4.57 Å². The van der Waals surface area contributed by atoms with E-state index < -0.39 is 5.91 Å². The summed E-state index contributed by atoms with van der Waals surface area (Å²) in [6, 6.07) is 12.4. The molecule has 3 aromatic rings. The molecule has 0 saturated heterocycles. The molecule has 0 saturated carbocycles. The van der Waals surface area contributed by atoms with Crippen molar-refractivity contribution in [2.24, 2.45) is 0 Å². The van der Waals surface area contributed by atoms with E-state index in [1.807, 2.05) is 31.2 Å². The summed E-state index contributed by atoms with van der Waals surface area (Å²) in [7, 11) is 0. The lowest BCUT2D eigenvalue weighted by atomic mass is 10.1. The fourth-order valence-corrected chi connectivity index (χ4v) is 2.78. The van der Waals surface area contributed by atoms with Crippen molar-refractivity contribution >= 4 is 28.5 Å². The van der Waals surface area contributed by atoms with Crippen LogP contribution in [0.15, 0.2) is 53.5 Å². The minimum Gasteiger partial charge on any atom is -0.348 e. The molecule has 2 aromatic heterocycles. The highest BCUT2D eigenvalue weighted by Gasteiger charge is 2.15. The monoisotopic (exact) mass is 341 g/mol. The van der Waals surface area contributed by atoms with Gasteiger partial charge in [-0.3, -0.25) is 14.2 Å². The number of carbonyl (C=O) groups is 1. The summed E-state index contributed by atoms with van der Waals surface area (Å²) >= 11 is 6.09. The van der Waals surface area contributed by atoms with Crippen LogP contribution in [0, 0.1) is 0 Å². The molecule has 0 bridgehead atoms. The van der Waals surface area contributed by atoms with E-state index in [-0.39, 0.29) is 17.7 Å². The van der Waals surface area contributed by atoms with Crippen LogP contribution < -0.4 is 10.9 Å². The minimum absolute atomic E-state index is 0.101. The standard InChI is InChI=1S/C18H16ClN3O2/c1-2-22-16-12(7-5-9-20-16)10-14(18(22)24)17(23)21-11-13-6-3-4-8-15(13)19/h3-10H,2,11H2,1H3,(H,21,23). The van der Waals surface area contributed by atoms with Crippen molar-refractivity contribution in [2.45, 2.75) is 20.0 Å². The normalized spacial score (nSPS) is 10.8. The maximum absolute atomic E-state index is 12.6. The van der Waals surface area contributed by atoms with Gasteiger partial charge in [-0.25, -0.2) is 4.98 Å². The average molecular weight is 342 g/mol. The predicted molar refractivity (Wildman–Crippen MR) is 94.3 cm³/mol. The van der Waals surface area contributed by atoms with E-state index in [1.54, 1.807) is 24.4 Å². The van der Waals surface area contributed by atoms with Gasteiger partial charge in [-0.2, -0.15) is 0 Å². The molecule has 1 amide bonds. The van der Waals surface area contributed by atoms with E-state index in [9.17, 15) is 9.59 Å². The molecule has 0 radical (unpaired) electrons. The third-order valence-electron chi connectivity index (χ3n) is 3.81. The molecular formula is C18H16ClN3O2. The Morgan fingerprint density at radius 1 is 1.25 bits per heavy atom. The zero-order chi connectivity index (χ0) is 17.1. The number of nitrogens with zero attached hydrogens (tertiary/aromatic N) is 2. The number of aromatic nitrogens is 2. The van der Waals surface area contributed by atoms with Crippen LogP contribution in [-0.2, 0) is 13.1 Å². The van der Waals surface area contributed by atoms with Crippen molar-refractivity contribution in [3.05, 3.63) is 75.2 Å². The van der Waals surface area contributed by atoms with E-state index in [4.69, 9.17) is 11.6 Å². The Morgan fingerprint density at radius 3 is 2.79 bits per heavy atom. The van der Waals surface area contributed by atoms with E-state index >= 15 is 0 Å². The molecule has 2 heterocycles. The second kappa shape index (κ2) is 6.84. The summed E-state index contributed by atoms with van der Waals surface area (Å²) in [6.07, 6.45) is 1.63. The molecule has 24 heavy (non-hydrogen) atoms. The van der Waals surface area contributed by atoms with E-state index in [0.29, 0.717) is 17.2 Å². The Balaban J connectivity index is 1.94. The van der Waals surface area contributed by atoms with Crippen LogP contribution in [0.4, 0.5) is 0 Å². The van der Waals surface area contributed by atoms with Gasteiger partial charge in [0, 0.05) is 29.7 Å². The number of carbonyl (C=O) groups excluding carboxylic acids is 1. The van der Waals surface area contributed by atoms with Crippen LogP contribution in [0.3, 0.4) is 0 Å². The van der Waals surface area contributed by atoms with Crippen molar-refractivity contribution in [1.29, 1.82) is 0 Å². The summed E-state index contributed by atoms with van der Waals surface area (Å²) in [5, 5.41) is 4.08. The number of amides is 1. The second-order valence-electron chi connectivity index (χ2n) is 5.30. The zero-order valence-electron chi connectivity index (χ0n) is 13.1. The number of aryl methyl sites for hydroxylation is 1. The van der Waals surface area contributed by atoms with Gasteiger partial charge in [0.1, 0.15) is 11.2 Å². The Bertz CT molecular complexity index is 966. The van der Waals surface area contributed by atoms with Crippen molar-refractivity contribution in [3.8, 4) is 0 Å². The first-order valence-electron chi connectivity index (χ1n) is 7.62. The average Bonchev–Trinajstić information content (AvgIpc) is 2.60. The molecule has 122 valence electrons. The van der Waals surface area contributed by atoms with Crippen LogP contribution in [0.5, 0.6) is 0 Å². The second-order valence-corrected chi connectivity index (χ2v) is 5.70. The molecule has 0 unspecified atom stereocenters. The molecule has 0 fully saturated rings. The molecule has 0 aliphatic heterocycles. The van der Waals surface area contributed by atoms with Crippen LogP contribution in [0.25, 0.3) is 11.0 Å². The van der Waals surface area contributed by atoms with Crippen LogP contribution in [-0.4, -0.2) is 15.5 Å². The minimum atomic E-state index is -0.423. The van der Waals surface area contributed by atoms with Crippen LogP contribution >= 0.6 is 11.6 Å². The maximum atomic E-state index is 12.6. The molecular weight excluding hydrogens is 326 g/mol. The van der Waals surface area contributed by atoms with Gasteiger partial charge in [0.15, 0.2) is 0 Å². The Kier molecular flexibility index (Phi) is 4.62. The van der Waals surface area contributed by atoms with Gasteiger partial charge in [0.25, 0.3) is 11.5 Å². The molecule has 6 heteroatoms. The van der Waals surface area contributed by atoms with Gasteiger partial charge < -0.3 is 5.32 Å². The summed E-state index contributed by atoms with van der Waals surface area (Å²) in [5.74, 6) is -0.423. The number of nitrogens with one attached hydrogen (secondary N) is 1. The van der Waals surface area contributed by atoms with Gasteiger partial charge in [0.05, 0.1) is 0 Å². The number of halogens is 1. The van der Waals surface area contributed by atoms with Crippen molar-refractivity contribution in [2.75, 3.05) is 0 Å². The van der Waals surface area contributed by atoms with Gasteiger partial charge in [-0.15, -0.1) is 0 Å². The Morgan fingerprint density at radius 2 is 2.04 bits per heavy atom. The smallest absolute Gasteiger partial charge is 0.265 e. The first-order valence-corrected chi connectivity index (χ1v) is 7.99. The van der Waals surface area contributed by atoms with Crippen molar-refractivity contribution in [3.63, 3.8) is 0 Å². The number of benzene rings is 1. The zero-order valence-corrected chi connectivity index (χ0v) is 13.9. The number of hydrogen-bond acceptors (Lipinski definition) is 3. The first-order chi connectivity index (χ1) is 11.6. The number of rotatable bonds is 4. The highest BCUT2D eigenvalue weighted by Crippen LogP contribution is 2.15. The van der Waals surface area contributed by atoms with Crippen LogP contribution in [0.1, 0.15) is 22.8 Å². The maximum Gasteiger partial charge on any atom is 0.265 e. The van der Waals surface area contributed by atoms with Crippen molar-refractivity contribution < 1.29 is 4.79 Å². The lowest BCUT2D eigenvalue weighted by Gasteiger charge is -2.11. The van der Waals surface area contributed by atoms with Crippen molar-refractivity contribution in [1.82, 2.24) is 14.9 Å². The number of hydrogen-bond donors (Lipinski definition) is 1. The fourth-order valence-electron chi connectivity index (χ4n) is 2.57. The molecule has 0 aliphatic carbocycles. The summed E-state index contributed by atoms with van der Waals surface area (Å²) < 4.78 is 1.50. The predicted octanol–water partition coefficient (Wildman–Crippen LogP) is 3.00. The highest BCUT2D eigenvalue weighted by molar-refractivity contribution is 6.31. The molecule has 0 spiro atoms. The van der Waals surface area contributed by atoms with Gasteiger partial charge in [-0.1, -0.05) is 29.8 Å². The molecule has 3 rings (SSSR count). The molecule has 1 aromatic carbocycles. The third-order valence-corrected chi connectivity index (χ3v) is 4.17. The van der Waals surface area contributed by atoms with E-state index in [2.05, 4.69) is 10.3 Å². The summed E-state index contributed by atoms with van der Waals surface area (Å²) in [4.78, 5) is 29.3. The van der Waals surface area contributed by atoms with Crippen LogP contribution in [0.2, 0.25) is 5.02 Å². The van der Waals surface area contributed by atoms with Gasteiger partial charge >= 0.3 is 0 Å². The molecule has 1 N–H and O–H groups in total. The molecule has 0 atom stereocenters. The van der Waals surface area contributed by atoms with Gasteiger partial charge in [0.2, 0.25) is 0 Å². The SMILES string of the molecule is CCn1c(=O)c(C(=O)NCc2ccccc2Cl)cc2cccnc21. The van der Waals surface area contributed by atoms with Gasteiger partial charge in [-0.05, 0) is 36.8 Å². The largest absolute Gasteiger partial charge is 0.348 e. The summed E-state index contributed by atoms with van der Waals surface area (Å²) in [6.45, 7) is 2.55. The summed E-state index contributed by atoms with van der Waals surface area (Å²) in [5.41, 5.74) is 1.13. The number of pyridine rings is 2. The fraction of sp³-hybridized carbons (Fsp3) is 0.167. The third kappa shape index (κ3) is 3.03. The molecule has 5 nitrogen and oxygen atoms in total. The molecule has 0 aliphatic rings. The highest BCUT2D eigenvalue weighted by atomic mass is 35.5. The quantitative estimate of drug-likeness (QED) is 0.793.